The van der Waals surface area contributed by atoms with Crippen molar-refractivity contribution < 1.29 is 32.2 Å². The summed E-state index contributed by atoms with van der Waals surface area (Å²) in [6.45, 7) is 0. The first kappa shape index (κ1) is 21.7. The SMILES string of the molecule is COc1cccc(C=NNC(=O)CC(=O)Nc2cccc(C(F)(F)F)c2)c1OC. The number of methoxy groups -OCH3 is 2. The molecule has 7 nitrogen and oxygen atoms in total. The van der Waals surface area contributed by atoms with E-state index in [2.05, 4.69) is 15.8 Å². The Kier molecular flexibility index (Phi) is 7.18. The highest BCUT2D eigenvalue weighted by molar-refractivity contribution is 6.03. The summed E-state index contributed by atoms with van der Waals surface area (Å²) < 4.78 is 48.4. The van der Waals surface area contributed by atoms with E-state index in [0.29, 0.717) is 17.1 Å². The Morgan fingerprint density at radius 3 is 2.45 bits per heavy atom. The van der Waals surface area contributed by atoms with Gasteiger partial charge in [0.2, 0.25) is 11.8 Å². The van der Waals surface area contributed by atoms with Crippen molar-refractivity contribution in [3.8, 4) is 11.5 Å². The van der Waals surface area contributed by atoms with Crippen LogP contribution in [0.25, 0.3) is 0 Å². The van der Waals surface area contributed by atoms with Gasteiger partial charge in [-0.15, -0.1) is 0 Å². The van der Waals surface area contributed by atoms with Gasteiger partial charge in [-0.25, -0.2) is 5.43 Å². The molecule has 0 saturated heterocycles. The number of hydrazone groups is 1. The number of amides is 2. The number of rotatable bonds is 7. The monoisotopic (exact) mass is 409 g/mol. The molecule has 2 aromatic rings. The van der Waals surface area contributed by atoms with Crippen molar-refractivity contribution in [2.24, 2.45) is 5.10 Å². The van der Waals surface area contributed by atoms with E-state index in [0.717, 1.165) is 18.2 Å². The molecule has 0 radical (unpaired) electrons. The number of para-hydroxylation sites is 1. The summed E-state index contributed by atoms with van der Waals surface area (Å²) in [5.74, 6) is -0.637. The Labute approximate surface area is 164 Å². The van der Waals surface area contributed by atoms with Crippen LogP contribution in [0.15, 0.2) is 47.6 Å². The Balaban J connectivity index is 1.93. The molecule has 0 heterocycles. The first-order valence-electron chi connectivity index (χ1n) is 8.24. The molecule has 0 unspecified atom stereocenters. The summed E-state index contributed by atoms with van der Waals surface area (Å²) in [5, 5.41) is 5.98. The van der Waals surface area contributed by atoms with Crippen LogP contribution in [0.3, 0.4) is 0 Å². The van der Waals surface area contributed by atoms with Gasteiger partial charge in [0.1, 0.15) is 6.42 Å². The second-order valence-electron chi connectivity index (χ2n) is 5.68. The third kappa shape index (κ3) is 6.23. The average Bonchev–Trinajstić information content (AvgIpc) is 2.67. The lowest BCUT2D eigenvalue weighted by molar-refractivity contribution is -0.137. The fourth-order valence-corrected chi connectivity index (χ4v) is 2.35. The molecule has 2 N–H and O–H groups in total. The summed E-state index contributed by atoms with van der Waals surface area (Å²) in [6, 6.07) is 9.17. The van der Waals surface area contributed by atoms with Crippen molar-refractivity contribution >= 4 is 23.7 Å². The van der Waals surface area contributed by atoms with Crippen molar-refractivity contribution in [2.75, 3.05) is 19.5 Å². The third-order valence-corrected chi connectivity index (χ3v) is 3.62. The summed E-state index contributed by atoms with van der Waals surface area (Å²) >= 11 is 0. The summed E-state index contributed by atoms with van der Waals surface area (Å²) in [5.41, 5.74) is 1.72. The quantitative estimate of drug-likeness (QED) is 0.418. The Hall–Kier alpha value is -3.56. The topological polar surface area (TPSA) is 89.0 Å². The number of nitrogens with one attached hydrogen (secondary N) is 2. The molecule has 0 saturated carbocycles. The van der Waals surface area contributed by atoms with E-state index in [-0.39, 0.29) is 5.69 Å². The minimum Gasteiger partial charge on any atom is -0.493 e. The van der Waals surface area contributed by atoms with E-state index in [9.17, 15) is 22.8 Å². The first-order chi connectivity index (χ1) is 13.7. The number of carbonyl (C=O) groups excluding carboxylic acids is 2. The smallest absolute Gasteiger partial charge is 0.416 e. The molecule has 10 heteroatoms. The van der Waals surface area contributed by atoms with Gasteiger partial charge in [-0.2, -0.15) is 18.3 Å². The van der Waals surface area contributed by atoms with Crippen LogP contribution in [0.4, 0.5) is 18.9 Å². The van der Waals surface area contributed by atoms with Crippen LogP contribution in [0, 0.1) is 0 Å². The number of anilines is 1. The van der Waals surface area contributed by atoms with Gasteiger partial charge in [0.25, 0.3) is 0 Å². The number of carbonyl (C=O) groups is 2. The molecule has 154 valence electrons. The van der Waals surface area contributed by atoms with Gasteiger partial charge in [0.15, 0.2) is 11.5 Å². The number of hydrogen-bond acceptors (Lipinski definition) is 5. The predicted octanol–water partition coefficient (Wildman–Crippen LogP) is 3.20. The lowest BCUT2D eigenvalue weighted by Crippen LogP contribution is -2.24. The van der Waals surface area contributed by atoms with Gasteiger partial charge in [0.05, 0.1) is 26.0 Å². The van der Waals surface area contributed by atoms with Crippen molar-refractivity contribution in [2.45, 2.75) is 12.6 Å². The predicted molar refractivity (Wildman–Crippen MR) is 100.0 cm³/mol. The van der Waals surface area contributed by atoms with Crippen LogP contribution >= 0.6 is 0 Å². The van der Waals surface area contributed by atoms with Gasteiger partial charge in [0, 0.05) is 11.3 Å². The van der Waals surface area contributed by atoms with Crippen LogP contribution < -0.4 is 20.2 Å². The minimum absolute atomic E-state index is 0.0674. The normalized spacial score (nSPS) is 11.2. The molecule has 2 rings (SSSR count). The standard InChI is InChI=1S/C19H18F3N3O4/c1-28-15-8-3-5-12(18(15)29-2)11-23-25-17(27)10-16(26)24-14-7-4-6-13(9-14)19(20,21)22/h3-9,11H,10H2,1-2H3,(H,24,26)(H,25,27). The lowest BCUT2D eigenvalue weighted by Gasteiger charge is -2.10. The number of ether oxygens (including phenoxy) is 2. The number of benzene rings is 2. The molecule has 0 bridgehead atoms. The lowest BCUT2D eigenvalue weighted by atomic mass is 10.2. The molecule has 0 spiro atoms. The Morgan fingerprint density at radius 2 is 1.79 bits per heavy atom. The van der Waals surface area contributed by atoms with Crippen LogP contribution in [0.5, 0.6) is 11.5 Å². The zero-order valence-electron chi connectivity index (χ0n) is 15.5. The molecule has 0 aliphatic carbocycles. The molecule has 0 aromatic heterocycles. The Bertz CT molecular complexity index is 914. The fraction of sp³-hybridized carbons (Fsp3) is 0.211. The van der Waals surface area contributed by atoms with Gasteiger partial charge in [-0.3, -0.25) is 9.59 Å². The van der Waals surface area contributed by atoms with E-state index in [1.165, 1.54) is 26.5 Å². The van der Waals surface area contributed by atoms with Crippen LogP contribution in [-0.2, 0) is 15.8 Å². The van der Waals surface area contributed by atoms with Crippen LogP contribution in [-0.4, -0.2) is 32.2 Å². The van der Waals surface area contributed by atoms with Gasteiger partial charge in [-0.05, 0) is 30.3 Å². The zero-order valence-corrected chi connectivity index (χ0v) is 15.5. The molecular weight excluding hydrogens is 391 g/mol. The number of hydrogen-bond donors (Lipinski definition) is 2. The van der Waals surface area contributed by atoms with E-state index in [1.54, 1.807) is 18.2 Å². The molecule has 0 atom stereocenters. The number of alkyl halides is 3. The van der Waals surface area contributed by atoms with Crippen LogP contribution in [0.1, 0.15) is 17.5 Å². The molecule has 0 fully saturated rings. The number of halogens is 3. The summed E-state index contributed by atoms with van der Waals surface area (Å²) in [7, 11) is 2.93. The average molecular weight is 409 g/mol. The van der Waals surface area contributed by atoms with E-state index >= 15 is 0 Å². The first-order valence-corrected chi connectivity index (χ1v) is 8.24. The van der Waals surface area contributed by atoms with Crippen molar-refractivity contribution in [1.82, 2.24) is 5.43 Å². The molecular formula is C19H18F3N3O4. The largest absolute Gasteiger partial charge is 0.493 e. The van der Waals surface area contributed by atoms with Gasteiger partial charge in [-0.1, -0.05) is 12.1 Å². The number of nitrogens with zero attached hydrogens (tertiary/aromatic N) is 1. The Morgan fingerprint density at radius 1 is 1.07 bits per heavy atom. The second kappa shape index (κ2) is 9.58. The second-order valence-corrected chi connectivity index (χ2v) is 5.68. The highest BCUT2D eigenvalue weighted by Crippen LogP contribution is 2.31. The highest BCUT2D eigenvalue weighted by atomic mass is 19.4. The third-order valence-electron chi connectivity index (χ3n) is 3.62. The molecule has 0 aliphatic rings. The van der Waals surface area contributed by atoms with Crippen molar-refractivity contribution in [3.05, 3.63) is 53.6 Å². The molecule has 0 aliphatic heterocycles. The molecule has 29 heavy (non-hydrogen) atoms. The minimum atomic E-state index is -4.53. The highest BCUT2D eigenvalue weighted by Gasteiger charge is 2.30. The van der Waals surface area contributed by atoms with Crippen molar-refractivity contribution in [1.29, 1.82) is 0 Å². The van der Waals surface area contributed by atoms with Crippen molar-refractivity contribution in [3.63, 3.8) is 0 Å². The summed E-state index contributed by atoms with van der Waals surface area (Å²) in [4.78, 5) is 23.7. The van der Waals surface area contributed by atoms with Gasteiger partial charge >= 0.3 is 6.18 Å². The van der Waals surface area contributed by atoms with Crippen LogP contribution in [0.2, 0.25) is 0 Å². The van der Waals surface area contributed by atoms with E-state index in [1.807, 2.05) is 0 Å². The maximum atomic E-state index is 12.7. The van der Waals surface area contributed by atoms with E-state index in [4.69, 9.17) is 9.47 Å². The summed E-state index contributed by atoms with van der Waals surface area (Å²) in [6.07, 6.45) is -3.85. The van der Waals surface area contributed by atoms with E-state index < -0.39 is 30.0 Å². The van der Waals surface area contributed by atoms with Gasteiger partial charge < -0.3 is 14.8 Å². The maximum Gasteiger partial charge on any atom is 0.416 e. The molecule has 2 amide bonds. The molecule has 2 aromatic carbocycles. The fourth-order valence-electron chi connectivity index (χ4n) is 2.35. The maximum absolute atomic E-state index is 12.7. The zero-order chi connectivity index (χ0) is 21.4.